The van der Waals surface area contributed by atoms with Gasteiger partial charge in [0.1, 0.15) is 18.1 Å². The van der Waals surface area contributed by atoms with E-state index >= 15 is 0 Å². The lowest BCUT2D eigenvalue weighted by molar-refractivity contribution is 0.158. The molecule has 0 amide bonds. The molecule has 1 fully saturated rings. The van der Waals surface area contributed by atoms with Gasteiger partial charge in [-0.3, -0.25) is 0 Å². The van der Waals surface area contributed by atoms with Crippen LogP contribution in [0.4, 0.5) is 0 Å². The molecule has 1 aromatic carbocycles. The molecule has 4 rings (SSSR count). The number of piperidine rings is 1. The Balaban J connectivity index is 0.00000169. The van der Waals surface area contributed by atoms with Crippen LogP contribution in [0.1, 0.15) is 18.4 Å². The van der Waals surface area contributed by atoms with Crippen LogP contribution in [0.2, 0.25) is 0 Å². The summed E-state index contributed by atoms with van der Waals surface area (Å²) in [7, 11) is 0. The predicted octanol–water partition coefficient (Wildman–Crippen LogP) is 3.03. The van der Waals surface area contributed by atoms with Gasteiger partial charge in [0.15, 0.2) is 0 Å². The molecular formula is C18H21ClN4O. The molecule has 0 unspecified atom stereocenters. The highest BCUT2D eigenvalue weighted by Gasteiger charge is 2.17. The van der Waals surface area contributed by atoms with Gasteiger partial charge in [-0.1, -0.05) is 30.3 Å². The van der Waals surface area contributed by atoms with E-state index in [0.717, 1.165) is 43.5 Å². The van der Waals surface area contributed by atoms with Gasteiger partial charge < -0.3 is 14.6 Å². The maximum Gasteiger partial charge on any atom is 0.226 e. The second-order valence-corrected chi connectivity index (χ2v) is 5.91. The molecule has 1 aliphatic rings. The molecule has 3 aromatic rings. The molecular weight excluding hydrogens is 324 g/mol. The van der Waals surface area contributed by atoms with Gasteiger partial charge in [0.2, 0.25) is 5.88 Å². The molecule has 6 heteroatoms. The van der Waals surface area contributed by atoms with Crippen molar-refractivity contribution in [1.82, 2.24) is 19.9 Å². The summed E-state index contributed by atoms with van der Waals surface area (Å²) < 4.78 is 8.27. The number of hydrogen-bond donors (Lipinski definition) is 1. The van der Waals surface area contributed by atoms with E-state index in [-0.39, 0.29) is 18.5 Å². The number of nitrogens with one attached hydrogen (secondary N) is 1. The second-order valence-electron chi connectivity index (χ2n) is 5.91. The number of fused-ring (bicyclic) bond motifs is 1. The van der Waals surface area contributed by atoms with Crippen LogP contribution in [0.25, 0.3) is 11.0 Å². The van der Waals surface area contributed by atoms with E-state index in [1.54, 1.807) is 6.33 Å². The molecule has 1 aliphatic heterocycles. The molecule has 5 nitrogen and oxygen atoms in total. The van der Waals surface area contributed by atoms with E-state index in [9.17, 15) is 0 Å². The summed E-state index contributed by atoms with van der Waals surface area (Å²) in [6, 6.07) is 12.4. The number of halogens is 1. The second kappa shape index (κ2) is 7.64. The zero-order chi connectivity index (χ0) is 15.5. The third-order valence-corrected chi connectivity index (χ3v) is 4.28. The van der Waals surface area contributed by atoms with Crippen molar-refractivity contribution in [2.45, 2.75) is 25.5 Å². The van der Waals surface area contributed by atoms with Gasteiger partial charge >= 0.3 is 0 Å². The van der Waals surface area contributed by atoms with Crippen LogP contribution < -0.4 is 10.1 Å². The average molecular weight is 345 g/mol. The molecule has 1 saturated heterocycles. The molecule has 126 valence electrons. The van der Waals surface area contributed by atoms with E-state index < -0.39 is 0 Å². The fourth-order valence-electron chi connectivity index (χ4n) is 3.05. The summed E-state index contributed by atoms with van der Waals surface area (Å²) in [5.74, 6) is 0.703. The Morgan fingerprint density at radius 3 is 2.67 bits per heavy atom. The Kier molecular flexibility index (Phi) is 5.33. The summed E-state index contributed by atoms with van der Waals surface area (Å²) in [5, 5.41) is 4.34. The van der Waals surface area contributed by atoms with Crippen molar-refractivity contribution in [3.63, 3.8) is 0 Å². The molecule has 0 spiro atoms. The zero-order valence-electron chi connectivity index (χ0n) is 13.4. The third kappa shape index (κ3) is 3.52. The van der Waals surface area contributed by atoms with Crippen molar-refractivity contribution < 1.29 is 4.74 Å². The lowest BCUT2D eigenvalue weighted by Gasteiger charge is -2.23. The quantitative estimate of drug-likeness (QED) is 0.790. The maximum absolute atomic E-state index is 6.13. The van der Waals surface area contributed by atoms with Crippen LogP contribution in [0.3, 0.4) is 0 Å². The standard InChI is InChI=1S/C18H20N4O.ClH/c1-2-4-14(5-3-1)12-22-11-8-16-17(22)20-13-21-18(16)23-15-6-9-19-10-7-15;/h1-5,8,11,13,15,19H,6-7,9-10,12H2;1H. The van der Waals surface area contributed by atoms with Gasteiger partial charge in [-0.2, -0.15) is 0 Å². The summed E-state index contributed by atoms with van der Waals surface area (Å²) in [6.45, 7) is 2.82. The van der Waals surface area contributed by atoms with Gasteiger partial charge in [-0.25, -0.2) is 9.97 Å². The zero-order valence-corrected chi connectivity index (χ0v) is 14.2. The molecule has 0 atom stereocenters. The predicted molar refractivity (Wildman–Crippen MR) is 96.8 cm³/mol. The highest BCUT2D eigenvalue weighted by molar-refractivity contribution is 5.85. The fourth-order valence-corrected chi connectivity index (χ4v) is 3.05. The van der Waals surface area contributed by atoms with E-state index in [4.69, 9.17) is 4.74 Å². The van der Waals surface area contributed by atoms with Crippen LogP contribution in [0.5, 0.6) is 5.88 Å². The Morgan fingerprint density at radius 2 is 1.88 bits per heavy atom. The molecule has 3 heterocycles. The van der Waals surface area contributed by atoms with E-state index in [1.165, 1.54) is 5.56 Å². The molecule has 0 bridgehead atoms. The minimum absolute atomic E-state index is 0. The summed E-state index contributed by atoms with van der Waals surface area (Å²) in [6.07, 6.45) is 5.95. The van der Waals surface area contributed by atoms with Gasteiger partial charge in [0, 0.05) is 12.7 Å². The monoisotopic (exact) mass is 344 g/mol. The van der Waals surface area contributed by atoms with E-state index in [0.29, 0.717) is 5.88 Å². The summed E-state index contributed by atoms with van der Waals surface area (Å²) >= 11 is 0. The normalized spacial score (nSPS) is 15.2. The minimum atomic E-state index is 0. The third-order valence-electron chi connectivity index (χ3n) is 4.28. The van der Waals surface area contributed by atoms with Crippen LogP contribution in [-0.4, -0.2) is 33.7 Å². The number of benzene rings is 1. The van der Waals surface area contributed by atoms with Crippen molar-refractivity contribution in [3.05, 3.63) is 54.5 Å². The Morgan fingerprint density at radius 1 is 1.08 bits per heavy atom. The van der Waals surface area contributed by atoms with E-state index in [1.807, 2.05) is 6.07 Å². The van der Waals surface area contributed by atoms with Crippen molar-refractivity contribution in [2.75, 3.05) is 13.1 Å². The first kappa shape index (κ1) is 16.7. The number of ether oxygens (including phenoxy) is 1. The fraction of sp³-hybridized carbons (Fsp3) is 0.333. The first-order valence-electron chi connectivity index (χ1n) is 8.11. The molecule has 2 aromatic heterocycles. The topological polar surface area (TPSA) is 52.0 Å². The van der Waals surface area contributed by atoms with Gasteiger partial charge in [0.05, 0.1) is 5.39 Å². The van der Waals surface area contributed by atoms with Crippen molar-refractivity contribution in [3.8, 4) is 5.88 Å². The summed E-state index contributed by atoms with van der Waals surface area (Å²) in [4.78, 5) is 8.80. The first-order valence-corrected chi connectivity index (χ1v) is 8.11. The molecule has 0 saturated carbocycles. The van der Waals surface area contributed by atoms with Crippen molar-refractivity contribution >= 4 is 23.4 Å². The lowest BCUT2D eigenvalue weighted by Crippen LogP contribution is -2.34. The Labute approximate surface area is 147 Å². The smallest absolute Gasteiger partial charge is 0.226 e. The number of hydrogen-bond acceptors (Lipinski definition) is 4. The Hall–Kier alpha value is -2.11. The van der Waals surface area contributed by atoms with Crippen LogP contribution in [-0.2, 0) is 6.54 Å². The highest BCUT2D eigenvalue weighted by Crippen LogP contribution is 2.25. The molecule has 0 aliphatic carbocycles. The largest absolute Gasteiger partial charge is 0.474 e. The first-order chi connectivity index (χ1) is 11.4. The Bertz CT molecular complexity index is 784. The number of rotatable bonds is 4. The van der Waals surface area contributed by atoms with Crippen LogP contribution >= 0.6 is 12.4 Å². The average Bonchev–Trinajstić information content (AvgIpc) is 3.01. The van der Waals surface area contributed by atoms with Crippen LogP contribution in [0.15, 0.2) is 48.9 Å². The van der Waals surface area contributed by atoms with Gasteiger partial charge in [0.25, 0.3) is 0 Å². The van der Waals surface area contributed by atoms with Gasteiger partial charge in [-0.05, 0) is 37.6 Å². The van der Waals surface area contributed by atoms with Gasteiger partial charge in [-0.15, -0.1) is 12.4 Å². The van der Waals surface area contributed by atoms with Crippen molar-refractivity contribution in [1.29, 1.82) is 0 Å². The van der Waals surface area contributed by atoms with E-state index in [2.05, 4.69) is 56.4 Å². The molecule has 24 heavy (non-hydrogen) atoms. The maximum atomic E-state index is 6.13. The molecule has 0 radical (unpaired) electrons. The van der Waals surface area contributed by atoms with Crippen LogP contribution in [0, 0.1) is 0 Å². The lowest BCUT2D eigenvalue weighted by atomic mass is 10.1. The molecule has 1 N–H and O–H groups in total. The highest BCUT2D eigenvalue weighted by atomic mass is 35.5. The number of aromatic nitrogens is 3. The SMILES string of the molecule is Cl.c1ccc(Cn2ccc3c(OC4CCNCC4)ncnc32)cc1. The van der Waals surface area contributed by atoms with Crippen molar-refractivity contribution in [2.24, 2.45) is 0 Å². The minimum Gasteiger partial charge on any atom is -0.474 e. The summed E-state index contributed by atoms with van der Waals surface area (Å²) in [5.41, 5.74) is 2.18. The number of nitrogens with zero attached hydrogens (tertiary/aromatic N) is 3.